The minimum absolute atomic E-state index is 0.0268. The number of hydrogen-bond donors (Lipinski definition) is 1. The summed E-state index contributed by atoms with van der Waals surface area (Å²) in [7, 11) is 0. The first-order chi connectivity index (χ1) is 14.8. The van der Waals surface area contributed by atoms with Crippen molar-refractivity contribution in [3.63, 3.8) is 0 Å². The van der Waals surface area contributed by atoms with Crippen LogP contribution in [0.25, 0.3) is 16.9 Å². The van der Waals surface area contributed by atoms with E-state index < -0.39 is 0 Å². The summed E-state index contributed by atoms with van der Waals surface area (Å²) in [5, 5.41) is 3.77. The second-order valence-electron chi connectivity index (χ2n) is 8.62. The van der Waals surface area contributed by atoms with E-state index in [1.54, 1.807) is 0 Å². The molecule has 30 heavy (non-hydrogen) atoms. The molecular weight excluding hydrogens is 374 g/mol. The van der Waals surface area contributed by atoms with Crippen LogP contribution < -0.4 is 10.1 Å². The van der Waals surface area contributed by atoms with Crippen molar-refractivity contribution in [2.24, 2.45) is 5.92 Å². The number of carbonyl (C=O) groups excluding carboxylic acids is 1. The molecular formula is C25H29N3O2. The van der Waals surface area contributed by atoms with Crippen LogP contribution in [0.2, 0.25) is 0 Å². The van der Waals surface area contributed by atoms with Crippen LogP contribution in [0.3, 0.4) is 0 Å². The van der Waals surface area contributed by atoms with Gasteiger partial charge in [-0.2, -0.15) is 0 Å². The van der Waals surface area contributed by atoms with Crippen LogP contribution in [0.15, 0.2) is 48.7 Å². The van der Waals surface area contributed by atoms with Gasteiger partial charge in [-0.1, -0.05) is 50.3 Å². The van der Waals surface area contributed by atoms with Crippen molar-refractivity contribution in [3.8, 4) is 17.0 Å². The van der Waals surface area contributed by atoms with E-state index in [9.17, 15) is 4.79 Å². The number of esters is 1. The molecule has 2 aliphatic carbocycles. The third kappa shape index (κ3) is 3.81. The molecule has 1 aromatic carbocycles. The molecule has 1 N–H and O–H groups in total. The van der Waals surface area contributed by atoms with Crippen LogP contribution in [-0.4, -0.2) is 21.4 Å². The predicted octanol–water partition coefficient (Wildman–Crippen LogP) is 5.84. The number of para-hydroxylation sites is 1. The van der Waals surface area contributed by atoms with Gasteiger partial charge in [0.1, 0.15) is 22.9 Å². The first kappa shape index (κ1) is 19.2. The number of imidazole rings is 1. The van der Waals surface area contributed by atoms with Crippen LogP contribution in [0.5, 0.6) is 5.75 Å². The van der Waals surface area contributed by atoms with Crippen molar-refractivity contribution in [2.75, 3.05) is 5.32 Å². The Morgan fingerprint density at radius 3 is 2.50 bits per heavy atom. The molecule has 0 radical (unpaired) electrons. The van der Waals surface area contributed by atoms with Crippen molar-refractivity contribution in [1.29, 1.82) is 0 Å². The number of aromatic nitrogens is 2. The molecule has 156 valence electrons. The molecule has 0 saturated heterocycles. The van der Waals surface area contributed by atoms with E-state index in [4.69, 9.17) is 9.72 Å². The van der Waals surface area contributed by atoms with Gasteiger partial charge in [0.2, 0.25) is 0 Å². The highest BCUT2D eigenvalue weighted by molar-refractivity contribution is 5.83. The number of carbonyl (C=O) groups is 1. The van der Waals surface area contributed by atoms with Gasteiger partial charge in [0.05, 0.1) is 5.92 Å². The van der Waals surface area contributed by atoms with E-state index in [1.807, 2.05) is 48.7 Å². The minimum Gasteiger partial charge on any atom is -0.426 e. The van der Waals surface area contributed by atoms with Crippen molar-refractivity contribution < 1.29 is 9.53 Å². The molecule has 0 amide bonds. The summed E-state index contributed by atoms with van der Waals surface area (Å²) in [5.74, 6) is 1.51. The number of anilines is 1. The molecule has 0 bridgehead atoms. The zero-order valence-corrected chi connectivity index (χ0v) is 17.3. The van der Waals surface area contributed by atoms with E-state index in [0.29, 0.717) is 11.8 Å². The smallest absolute Gasteiger partial charge is 0.314 e. The molecule has 0 aliphatic heterocycles. The van der Waals surface area contributed by atoms with Gasteiger partial charge < -0.3 is 10.1 Å². The van der Waals surface area contributed by atoms with Crippen LogP contribution in [0, 0.1) is 5.92 Å². The van der Waals surface area contributed by atoms with Gasteiger partial charge in [-0.25, -0.2) is 4.98 Å². The topological polar surface area (TPSA) is 55.6 Å². The Balaban J connectivity index is 1.52. The number of benzene rings is 1. The molecule has 0 atom stereocenters. The average Bonchev–Trinajstić information content (AvgIpc) is 3.44. The van der Waals surface area contributed by atoms with Crippen molar-refractivity contribution >= 4 is 17.4 Å². The summed E-state index contributed by atoms with van der Waals surface area (Å²) in [6.45, 7) is 0. The van der Waals surface area contributed by atoms with E-state index >= 15 is 0 Å². The lowest BCUT2D eigenvalue weighted by atomic mass is 9.95. The Kier molecular flexibility index (Phi) is 5.43. The highest BCUT2D eigenvalue weighted by Crippen LogP contribution is 2.37. The lowest BCUT2D eigenvalue weighted by Crippen LogP contribution is -2.23. The highest BCUT2D eigenvalue weighted by atomic mass is 16.5. The SMILES string of the molecule is O=C(Oc1ccccc1-c1nc2ccccn2c1NC1CCCCC1)C1CCCC1. The minimum atomic E-state index is -0.106. The molecule has 3 aromatic rings. The molecule has 2 heterocycles. The molecule has 2 aliphatic rings. The zero-order chi connectivity index (χ0) is 20.3. The summed E-state index contributed by atoms with van der Waals surface area (Å²) in [5.41, 5.74) is 2.61. The molecule has 2 saturated carbocycles. The number of nitrogens with one attached hydrogen (secondary N) is 1. The predicted molar refractivity (Wildman–Crippen MR) is 119 cm³/mol. The Bertz CT molecular complexity index is 1030. The molecule has 5 rings (SSSR count). The molecule has 5 heteroatoms. The Labute approximate surface area is 177 Å². The van der Waals surface area contributed by atoms with E-state index in [-0.39, 0.29) is 11.9 Å². The van der Waals surface area contributed by atoms with Gasteiger partial charge in [-0.15, -0.1) is 0 Å². The molecule has 2 fully saturated rings. The zero-order valence-electron chi connectivity index (χ0n) is 17.3. The normalized spacial score (nSPS) is 18.0. The monoisotopic (exact) mass is 403 g/mol. The number of pyridine rings is 1. The first-order valence-electron chi connectivity index (χ1n) is 11.3. The molecule has 2 aromatic heterocycles. The summed E-state index contributed by atoms with van der Waals surface area (Å²) in [6, 6.07) is 14.3. The van der Waals surface area contributed by atoms with E-state index in [2.05, 4.69) is 9.72 Å². The van der Waals surface area contributed by atoms with Crippen LogP contribution in [0.1, 0.15) is 57.8 Å². The van der Waals surface area contributed by atoms with Gasteiger partial charge in [0, 0.05) is 17.8 Å². The molecule has 0 unspecified atom stereocenters. The van der Waals surface area contributed by atoms with Crippen LogP contribution in [-0.2, 0) is 4.79 Å². The van der Waals surface area contributed by atoms with Gasteiger partial charge in [-0.3, -0.25) is 9.20 Å². The second kappa shape index (κ2) is 8.50. The third-order valence-corrected chi connectivity index (χ3v) is 6.52. The highest BCUT2D eigenvalue weighted by Gasteiger charge is 2.27. The summed E-state index contributed by atoms with van der Waals surface area (Å²) in [4.78, 5) is 17.6. The number of fused-ring (bicyclic) bond motifs is 1. The number of ether oxygens (including phenoxy) is 1. The van der Waals surface area contributed by atoms with Crippen molar-refractivity contribution in [2.45, 2.75) is 63.8 Å². The average molecular weight is 404 g/mol. The third-order valence-electron chi connectivity index (χ3n) is 6.52. The quantitative estimate of drug-likeness (QED) is 0.429. The summed E-state index contributed by atoms with van der Waals surface area (Å²) < 4.78 is 8.02. The number of rotatable bonds is 5. The first-order valence-corrected chi connectivity index (χ1v) is 11.3. The van der Waals surface area contributed by atoms with Crippen molar-refractivity contribution in [1.82, 2.24) is 9.38 Å². The molecule has 0 spiro atoms. The summed E-state index contributed by atoms with van der Waals surface area (Å²) >= 11 is 0. The van der Waals surface area contributed by atoms with Gasteiger partial charge in [0.25, 0.3) is 0 Å². The van der Waals surface area contributed by atoms with Crippen LogP contribution in [0.4, 0.5) is 5.82 Å². The second-order valence-corrected chi connectivity index (χ2v) is 8.62. The fraction of sp³-hybridized carbons (Fsp3) is 0.440. The van der Waals surface area contributed by atoms with Gasteiger partial charge in [0.15, 0.2) is 0 Å². The lowest BCUT2D eigenvalue weighted by Gasteiger charge is -2.24. The Morgan fingerprint density at radius 1 is 0.933 bits per heavy atom. The number of nitrogens with zero attached hydrogens (tertiary/aromatic N) is 2. The number of hydrogen-bond acceptors (Lipinski definition) is 4. The van der Waals surface area contributed by atoms with E-state index in [1.165, 1.54) is 32.1 Å². The summed E-state index contributed by atoms with van der Waals surface area (Å²) in [6.07, 6.45) is 12.3. The largest absolute Gasteiger partial charge is 0.426 e. The standard InChI is InChI=1S/C25H29N3O2/c29-25(18-10-4-5-11-18)30-21-15-7-6-14-20(21)23-24(26-19-12-2-1-3-13-19)28-17-9-8-16-22(28)27-23/h6-9,14-19,26H,1-5,10-13H2. The van der Waals surface area contributed by atoms with Crippen molar-refractivity contribution in [3.05, 3.63) is 48.7 Å². The maximum absolute atomic E-state index is 12.7. The lowest BCUT2D eigenvalue weighted by molar-refractivity contribution is -0.138. The Morgan fingerprint density at radius 2 is 1.67 bits per heavy atom. The maximum Gasteiger partial charge on any atom is 0.314 e. The Hall–Kier alpha value is -2.82. The van der Waals surface area contributed by atoms with Crippen LogP contribution >= 0.6 is 0 Å². The maximum atomic E-state index is 12.7. The van der Waals surface area contributed by atoms with E-state index in [0.717, 1.165) is 48.4 Å². The van der Waals surface area contributed by atoms with Gasteiger partial charge >= 0.3 is 5.97 Å². The van der Waals surface area contributed by atoms with Gasteiger partial charge in [-0.05, 0) is 49.9 Å². The fourth-order valence-electron chi connectivity index (χ4n) is 4.87. The fourth-order valence-corrected chi connectivity index (χ4v) is 4.87. The molecule has 5 nitrogen and oxygen atoms in total.